The first-order valence-corrected chi connectivity index (χ1v) is 13.0. The Balaban J connectivity index is 1.68. The van der Waals surface area contributed by atoms with Gasteiger partial charge in [-0.25, -0.2) is 8.42 Å². The van der Waals surface area contributed by atoms with Gasteiger partial charge in [0.05, 0.1) is 20.3 Å². The molecule has 0 saturated carbocycles. The molecule has 8 heteroatoms. The van der Waals surface area contributed by atoms with Gasteiger partial charge in [0.25, 0.3) is 5.91 Å². The van der Waals surface area contributed by atoms with Crippen molar-refractivity contribution in [3.63, 3.8) is 0 Å². The first-order chi connectivity index (χ1) is 16.0. The molecule has 0 aromatic heterocycles. The fourth-order valence-corrected chi connectivity index (χ4v) is 6.47. The Morgan fingerprint density at radius 2 is 1.58 bits per heavy atom. The number of nitrogens with zero attached hydrogens (tertiary/aromatic N) is 2. The van der Waals surface area contributed by atoms with E-state index in [4.69, 9.17) is 9.47 Å². The minimum absolute atomic E-state index is 0.0633. The Bertz CT molecular complexity index is 1080. The predicted molar refractivity (Wildman–Crippen MR) is 126 cm³/mol. The molecule has 2 aromatic carbocycles. The summed E-state index contributed by atoms with van der Waals surface area (Å²) < 4.78 is 38.7. The van der Waals surface area contributed by atoms with E-state index in [9.17, 15) is 13.2 Å². The van der Waals surface area contributed by atoms with Crippen molar-refractivity contribution in [2.24, 2.45) is 0 Å². The smallest absolute Gasteiger partial charge is 0.254 e. The second kappa shape index (κ2) is 10.1. The van der Waals surface area contributed by atoms with Crippen LogP contribution in [-0.2, 0) is 10.0 Å². The van der Waals surface area contributed by atoms with E-state index < -0.39 is 10.0 Å². The van der Waals surface area contributed by atoms with Gasteiger partial charge in [0.15, 0.2) is 0 Å². The number of hydrogen-bond donors (Lipinski definition) is 0. The summed E-state index contributed by atoms with van der Waals surface area (Å²) in [6.07, 6.45) is 5.58. The summed E-state index contributed by atoms with van der Waals surface area (Å²) in [5, 5.41) is 0. The van der Waals surface area contributed by atoms with Gasteiger partial charge in [-0.1, -0.05) is 25.0 Å². The number of ether oxygens (including phenoxy) is 2. The van der Waals surface area contributed by atoms with Crippen molar-refractivity contribution in [2.45, 2.75) is 49.5 Å². The lowest BCUT2D eigenvalue weighted by molar-refractivity contribution is 0.0680. The molecule has 2 aromatic rings. The van der Waals surface area contributed by atoms with E-state index in [0.29, 0.717) is 25.2 Å². The number of hydrogen-bond acceptors (Lipinski definition) is 5. The number of carbonyl (C=O) groups is 1. The van der Waals surface area contributed by atoms with Crippen LogP contribution in [0.25, 0.3) is 0 Å². The number of benzene rings is 2. The number of amides is 1. The third kappa shape index (κ3) is 4.87. The highest BCUT2D eigenvalue weighted by atomic mass is 32.2. The quantitative estimate of drug-likeness (QED) is 0.628. The molecule has 0 bridgehead atoms. The van der Waals surface area contributed by atoms with Crippen LogP contribution >= 0.6 is 0 Å². The average molecular weight is 473 g/mol. The molecule has 2 aliphatic heterocycles. The molecule has 178 valence electrons. The first kappa shape index (κ1) is 23.6. The Labute approximate surface area is 196 Å². The molecule has 0 N–H and O–H groups in total. The molecule has 2 aliphatic rings. The van der Waals surface area contributed by atoms with Crippen molar-refractivity contribution in [1.82, 2.24) is 9.21 Å². The van der Waals surface area contributed by atoms with Gasteiger partial charge in [-0.05, 0) is 61.6 Å². The van der Waals surface area contributed by atoms with E-state index in [2.05, 4.69) is 0 Å². The molecule has 2 fully saturated rings. The molecule has 0 spiro atoms. The lowest BCUT2D eigenvalue weighted by Crippen LogP contribution is -2.35. The van der Waals surface area contributed by atoms with Crippen LogP contribution in [0.5, 0.6) is 11.5 Å². The van der Waals surface area contributed by atoms with Crippen LogP contribution in [0, 0.1) is 0 Å². The molecule has 33 heavy (non-hydrogen) atoms. The van der Waals surface area contributed by atoms with Crippen LogP contribution in [0.3, 0.4) is 0 Å². The number of carbonyl (C=O) groups excluding carboxylic acids is 1. The minimum Gasteiger partial charge on any atom is -0.497 e. The zero-order chi connectivity index (χ0) is 23.4. The Kier molecular flexibility index (Phi) is 7.24. The lowest BCUT2D eigenvalue weighted by Gasteiger charge is -2.31. The van der Waals surface area contributed by atoms with E-state index in [1.54, 1.807) is 19.2 Å². The second-order valence-corrected chi connectivity index (χ2v) is 10.5. The van der Waals surface area contributed by atoms with Crippen LogP contribution in [0.15, 0.2) is 47.4 Å². The molecule has 1 amide bonds. The highest BCUT2D eigenvalue weighted by Gasteiger charge is 2.32. The third-order valence-electron chi connectivity index (χ3n) is 6.61. The predicted octanol–water partition coefficient (Wildman–Crippen LogP) is 4.25. The summed E-state index contributed by atoms with van der Waals surface area (Å²) in [5.74, 6) is 0.886. The number of rotatable bonds is 6. The zero-order valence-electron chi connectivity index (χ0n) is 19.3. The maximum Gasteiger partial charge on any atom is 0.254 e. The summed E-state index contributed by atoms with van der Waals surface area (Å²) >= 11 is 0. The van der Waals surface area contributed by atoms with Gasteiger partial charge < -0.3 is 14.4 Å². The van der Waals surface area contributed by atoms with Crippen LogP contribution < -0.4 is 9.47 Å². The Morgan fingerprint density at radius 1 is 0.879 bits per heavy atom. The minimum atomic E-state index is -3.73. The monoisotopic (exact) mass is 472 g/mol. The second-order valence-electron chi connectivity index (χ2n) is 8.61. The molecule has 4 rings (SSSR count). The van der Waals surface area contributed by atoms with Crippen LogP contribution in [0.1, 0.15) is 60.5 Å². The number of sulfonamides is 1. The summed E-state index contributed by atoms with van der Waals surface area (Å²) in [6.45, 7) is 1.63. The van der Waals surface area contributed by atoms with Gasteiger partial charge >= 0.3 is 0 Å². The van der Waals surface area contributed by atoms with Crippen LogP contribution in [-0.4, -0.2) is 57.4 Å². The lowest BCUT2D eigenvalue weighted by atomic mass is 10.00. The summed E-state index contributed by atoms with van der Waals surface area (Å²) in [7, 11) is -0.639. The maximum absolute atomic E-state index is 13.7. The molecule has 0 radical (unpaired) electrons. The van der Waals surface area contributed by atoms with Gasteiger partial charge in [0.2, 0.25) is 10.0 Å². The molecule has 2 heterocycles. The van der Waals surface area contributed by atoms with E-state index in [0.717, 1.165) is 49.8 Å². The van der Waals surface area contributed by atoms with Gasteiger partial charge in [-0.15, -0.1) is 0 Å². The summed E-state index contributed by atoms with van der Waals surface area (Å²) in [5.41, 5.74) is 1.43. The van der Waals surface area contributed by atoms with E-state index in [1.165, 1.54) is 17.5 Å². The SMILES string of the molecule is COc1ccc([C@H]2CCCCCN2C(=O)c2ccc(OC)c(S(=O)(=O)N3CCCC3)c2)cc1. The van der Waals surface area contributed by atoms with Gasteiger partial charge in [0.1, 0.15) is 16.4 Å². The summed E-state index contributed by atoms with van der Waals surface area (Å²) in [4.78, 5) is 15.7. The average Bonchev–Trinajstić information content (AvgIpc) is 3.29. The largest absolute Gasteiger partial charge is 0.497 e. The van der Waals surface area contributed by atoms with Crippen molar-refractivity contribution in [2.75, 3.05) is 33.9 Å². The molecule has 2 saturated heterocycles. The topological polar surface area (TPSA) is 76.1 Å². The third-order valence-corrected chi connectivity index (χ3v) is 8.53. The molecule has 0 aliphatic carbocycles. The first-order valence-electron chi connectivity index (χ1n) is 11.6. The molecular weight excluding hydrogens is 440 g/mol. The van der Waals surface area contributed by atoms with Crippen LogP contribution in [0.4, 0.5) is 0 Å². The fourth-order valence-electron chi connectivity index (χ4n) is 4.77. The number of methoxy groups -OCH3 is 2. The molecule has 1 atom stereocenters. The van der Waals surface area contributed by atoms with Gasteiger partial charge in [-0.3, -0.25) is 4.79 Å². The van der Waals surface area contributed by atoms with E-state index in [1.807, 2.05) is 29.2 Å². The molecular formula is C25H32N2O5S. The number of likely N-dealkylation sites (tertiary alicyclic amines) is 1. The van der Waals surface area contributed by atoms with Gasteiger partial charge in [0, 0.05) is 25.2 Å². The maximum atomic E-state index is 13.7. The van der Waals surface area contributed by atoms with E-state index in [-0.39, 0.29) is 22.6 Å². The fraction of sp³-hybridized carbons (Fsp3) is 0.480. The Morgan fingerprint density at radius 3 is 2.24 bits per heavy atom. The normalized spacial score (nSPS) is 19.8. The standard InChI is InChI=1S/C25H32N2O5S/c1-31-21-12-9-19(10-13-21)22-8-4-3-5-17-27(22)25(28)20-11-14-23(32-2)24(18-20)33(29,30)26-15-6-7-16-26/h9-14,18,22H,3-8,15-17H2,1-2H3/t22-/m1/s1. The highest BCUT2D eigenvalue weighted by molar-refractivity contribution is 7.89. The van der Waals surface area contributed by atoms with Crippen molar-refractivity contribution in [1.29, 1.82) is 0 Å². The van der Waals surface area contributed by atoms with E-state index >= 15 is 0 Å². The zero-order valence-corrected chi connectivity index (χ0v) is 20.1. The van der Waals surface area contributed by atoms with Crippen LogP contribution in [0.2, 0.25) is 0 Å². The van der Waals surface area contributed by atoms with Crippen molar-refractivity contribution < 1.29 is 22.7 Å². The van der Waals surface area contributed by atoms with Crippen molar-refractivity contribution in [3.05, 3.63) is 53.6 Å². The van der Waals surface area contributed by atoms with Crippen molar-refractivity contribution in [3.8, 4) is 11.5 Å². The van der Waals surface area contributed by atoms with Gasteiger partial charge in [-0.2, -0.15) is 4.31 Å². The van der Waals surface area contributed by atoms with Crippen molar-refractivity contribution >= 4 is 15.9 Å². The highest BCUT2D eigenvalue weighted by Crippen LogP contribution is 2.34. The molecule has 0 unspecified atom stereocenters. The molecule has 7 nitrogen and oxygen atoms in total. The summed E-state index contributed by atoms with van der Waals surface area (Å²) in [6, 6.07) is 12.5. The Hall–Kier alpha value is -2.58.